The zero-order chi connectivity index (χ0) is 16.3. The Labute approximate surface area is 138 Å². The highest BCUT2D eigenvalue weighted by atomic mass is 16.5. The van der Waals surface area contributed by atoms with Crippen molar-refractivity contribution in [1.29, 1.82) is 0 Å². The third-order valence-electron chi connectivity index (χ3n) is 5.51. The fourth-order valence-corrected chi connectivity index (χ4v) is 3.99. The van der Waals surface area contributed by atoms with Crippen molar-refractivity contribution < 1.29 is 9.53 Å². The predicted octanol–water partition coefficient (Wildman–Crippen LogP) is 1.38. The smallest absolute Gasteiger partial charge is 0.272 e. The predicted molar refractivity (Wildman–Crippen MR) is 88.3 cm³/mol. The molecule has 2 saturated heterocycles. The Morgan fingerprint density at radius 2 is 2.09 bits per heavy atom. The number of carbonyl (C=O) groups is 1. The van der Waals surface area contributed by atoms with Gasteiger partial charge in [0, 0.05) is 33.8 Å². The van der Waals surface area contributed by atoms with Gasteiger partial charge in [-0.25, -0.2) is 4.98 Å². The van der Waals surface area contributed by atoms with Crippen LogP contribution >= 0.6 is 0 Å². The van der Waals surface area contributed by atoms with Crippen molar-refractivity contribution in [3.8, 4) is 0 Å². The normalized spacial score (nSPS) is 21.7. The minimum atomic E-state index is 0.130. The van der Waals surface area contributed by atoms with Crippen molar-refractivity contribution in [2.45, 2.75) is 25.7 Å². The SMILES string of the molecule is COCCN1CCC2(CCCN(C(=O)c3cncn3C)C2)CC1. The average Bonchev–Trinajstić information content (AvgIpc) is 3.00. The number of hydrogen-bond acceptors (Lipinski definition) is 4. The highest BCUT2D eigenvalue weighted by molar-refractivity contribution is 5.92. The molecule has 3 rings (SSSR count). The van der Waals surface area contributed by atoms with E-state index in [9.17, 15) is 4.79 Å². The van der Waals surface area contributed by atoms with E-state index < -0.39 is 0 Å². The summed E-state index contributed by atoms with van der Waals surface area (Å²) >= 11 is 0. The minimum Gasteiger partial charge on any atom is -0.383 e. The molecule has 0 atom stereocenters. The number of hydrogen-bond donors (Lipinski definition) is 0. The highest BCUT2D eigenvalue weighted by Gasteiger charge is 2.39. The first-order chi connectivity index (χ1) is 11.1. The number of aromatic nitrogens is 2. The van der Waals surface area contributed by atoms with E-state index >= 15 is 0 Å². The van der Waals surface area contributed by atoms with Crippen molar-refractivity contribution in [2.75, 3.05) is 46.4 Å². The summed E-state index contributed by atoms with van der Waals surface area (Å²) in [6.45, 7) is 5.84. The molecule has 0 radical (unpaired) electrons. The average molecular weight is 320 g/mol. The van der Waals surface area contributed by atoms with Crippen LogP contribution in [0.15, 0.2) is 12.5 Å². The van der Waals surface area contributed by atoms with Gasteiger partial charge in [-0.3, -0.25) is 4.79 Å². The molecule has 2 fully saturated rings. The summed E-state index contributed by atoms with van der Waals surface area (Å²) in [5, 5.41) is 0. The van der Waals surface area contributed by atoms with Gasteiger partial charge in [0.25, 0.3) is 5.91 Å². The summed E-state index contributed by atoms with van der Waals surface area (Å²) in [7, 11) is 3.64. The molecule has 128 valence electrons. The Balaban J connectivity index is 1.60. The van der Waals surface area contributed by atoms with E-state index in [2.05, 4.69) is 9.88 Å². The summed E-state index contributed by atoms with van der Waals surface area (Å²) in [5.41, 5.74) is 1.01. The van der Waals surface area contributed by atoms with Crippen molar-refractivity contribution in [1.82, 2.24) is 19.4 Å². The number of ether oxygens (including phenoxy) is 1. The van der Waals surface area contributed by atoms with Crippen LogP contribution in [0.1, 0.15) is 36.2 Å². The van der Waals surface area contributed by atoms with Gasteiger partial charge in [0.1, 0.15) is 5.69 Å². The second-order valence-electron chi connectivity index (χ2n) is 7.05. The fourth-order valence-electron chi connectivity index (χ4n) is 3.99. The highest BCUT2D eigenvalue weighted by Crippen LogP contribution is 2.40. The molecule has 1 amide bonds. The fraction of sp³-hybridized carbons (Fsp3) is 0.765. The Hall–Kier alpha value is -1.40. The molecule has 2 aliphatic heterocycles. The lowest BCUT2D eigenvalue weighted by atomic mass is 9.72. The van der Waals surface area contributed by atoms with Gasteiger partial charge in [-0.05, 0) is 44.2 Å². The number of amides is 1. The van der Waals surface area contributed by atoms with Gasteiger partial charge in [-0.2, -0.15) is 0 Å². The summed E-state index contributed by atoms with van der Waals surface area (Å²) in [6.07, 6.45) is 8.11. The Morgan fingerprint density at radius 3 is 2.74 bits per heavy atom. The van der Waals surface area contributed by atoms with E-state index in [1.807, 2.05) is 16.5 Å². The number of methoxy groups -OCH3 is 1. The standard InChI is InChI=1S/C17H28N4O2/c1-19-14-18-12-15(19)16(22)21-7-3-4-17(13-21)5-8-20(9-6-17)10-11-23-2/h12,14H,3-11,13H2,1-2H3. The quantitative estimate of drug-likeness (QED) is 0.841. The first-order valence-corrected chi connectivity index (χ1v) is 8.60. The lowest BCUT2D eigenvalue weighted by Crippen LogP contribution is -2.51. The molecule has 23 heavy (non-hydrogen) atoms. The van der Waals surface area contributed by atoms with Gasteiger partial charge >= 0.3 is 0 Å². The maximum Gasteiger partial charge on any atom is 0.272 e. The van der Waals surface area contributed by atoms with Crippen molar-refractivity contribution in [3.05, 3.63) is 18.2 Å². The topological polar surface area (TPSA) is 50.6 Å². The molecule has 0 aliphatic carbocycles. The van der Waals surface area contributed by atoms with E-state index in [0.717, 1.165) is 45.8 Å². The minimum absolute atomic E-state index is 0.130. The number of rotatable bonds is 4. The first kappa shape index (κ1) is 16.5. The maximum atomic E-state index is 12.8. The van der Waals surface area contributed by atoms with Crippen LogP contribution in [-0.2, 0) is 11.8 Å². The summed E-state index contributed by atoms with van der Waals surface area (Å²) in [5.74, 6) is 0.130. The Morgan fingerprint density at radius 1 is 1.30 bits per heavy atom. The maximum absolute atomic E-state index is 12.8. The molecule has 6 nitrogen and oxygen atoms in total. The van der Waals surface area contributed by atoms with E-state index in [4.69, 9.17) is 4.74 Å². The Kier molecular flexibility index (Phi) is 5.02. The summed E-state index contributed by atoms with van der Waals surface area (Å²) in [6, 6.07) is 0. The molecular weight excluding hydrogens is 292 g/mol. The molecule has 0 bridgehead atoms. The van der Waals surface area contributed by atoms with Gasteiger partial charge in [0.2, 0.25) is 0 Å². The molecule has 1 aromatic heterocycles. The molecule has 0 aromatic carbocycles. The van der Waals surface area contributed by atoms with Gasteiger partial charge in [-0.1, -0.05) is 0 Å². The molecular formula is C17H28N4O2. The molecule has 0 saturated carbocycles. The van der Waals surface area contributed by atoms with Crippen molar-refractivity contribution in [3.63, 3.8) is 0 Å². The molecule has 3 heterocycles. The van der Waals surface area contributed by atoms with E-state index in [1.165, 1.54) is 19.3 Å². The molecule has 1 aromatic rings. The Bertz CT molecular complexity index is 534. The number of imidazole rings is 1. The number of carbonyl (C=O) groups excluding carboxylic acids is 1. The molecule has 6 heteroatoms. The van der Waals surface area contributed by atoms with Crippen molar-refractivity contribution in [2.24, 2.45) is 12.5 Å². The third kappa shape index (κ3) is 3.58. The van der Waals surface area contributed by atoms with E-state index in [0.29, 0.717) is 11.1 Å². The van der Waals surface area contributed by atoms with Gasteiger partial charge < -0.3 is 19.1 Å². The van der Waals surface area contributed by atoms with Crippen LogP contribution in [0, 0.1) is 5.41 Å². The van der Waals surface area contributed by atoms with Gasteiger partial charge in [0.15, 0.2) is 0 Å². The second-order valence-corrected chi connectivity index (χ2v) is 7.05. The number of nitrogens with zero attached hydrogens (tertiary/aromatic N) is 4. The zero-order valence-electron chi connectivity index (χ0n) is 14.3. The zero-order valence-corrected chi connectivity index (χ0v) is 14.3. The second kappa shape index (κ2) is 7.01. The molecule has 0 unspecified atom stereocenters. The molecule has 2 aliphatic rings. The number of aryl methyl sites for hydroxylation is 1. The molecule has 0 N–H and O–H groups in total. The van der Waals surface area contributed by atoms with E-state index in [-0.39, 0.29) is 5.91 Å². The monoisotopic (exact) mass is 320 g/mol. The van der Waals surface area contributed by atoms with Crippen LogP contribution < -0.4 is 0 Å². The van der Waals surface area contributed by atoms with Gasteiger partial charge in [-0.15, -0.1) is 0 Å². The first-order valence-electron chi connectivity index (χ1n) is 8.60. The van der Waals surface area contributed by atoms with Crippen LogP contribution in [0.2, 0.25) is 0 Å². The third-order valence-corrected chi connectivity index (χ3v) is 5.51. The van der Waals surface area contributed by atoms with E-state index in [1.54, 1.807) is 19.6 Å². The largest absolute Gasteiger partial charge is 0.383 e. The summed E-state index contributed by atoms with van der Waals surface area (Å²) in [4.78, 5) is 21.4. The van der Waals surface area contributed by atoms with Crippen molar-refractivity contribution >= 4 is 5.91 Å². The lowest BCUT2D eigenvalue weighted by molar-refractivity contribution is 0.0161. The number of piperidine rings is 2. The van der Waals surface area contributed by atoms with Crippen LogP contribution in [0.5, 0.6) is 0 Å². The van der Waals surface area contributed by atoms with Gasteiger partial charge in [0.05, 0.1) is 19.1 Å². The lowest BCUT2D eigenvalue weighted by Gasteiger charge is -2.47. The van der Waals surface area contributed by atoms with Crippen LogP contribution in [0.4, 0.5) is 0 Å². The van der Waals surface area contributed by atoms with Crippen LogP contribution in [0.3, 0.4) is 0 Å². The van der Waals surface area contributed by atoms with Crippen LogP contribution in [0.25, 0.3) is 0 Å². The molecule has 1 spiro atoms. The van der Waals surface area contributed by atoms with Crippen LogP contribution in [-0.4, -0.2) is 71.7 Å². The summed E-state index contributed by atoms with van der Waals surface area (Å²) < 4.78 is 7.00. The number of likely N-dealkylation sites (tertiary alicyclic amines) is 2.